The summed E-state index contributed by atoms with van der Waals surface area (Å²) in [5, 5.41) is 0. The standard InChI is InChI=1S/C15H17NO/c1-11-4-7-15-12(9-11)3-2-8-16(15)13-5-6-14(17)10-13/h4,7,9-10H,2-3,5-6,8H2,1H3. The summed E-state index contributed by atoms with van der Waals surface area (Å²) in [5.41, 5.74) is 5.26. The zero-order chi connectivity index (χ0) is 11.8. The fourth-order valence-electron chi connectivity index (χ4n) is 2.82. The second kappa shape index (κ2) is 4.02. The highest BCUT2D eigenvalue weighted by Gasteiger charge is 2.23. The zero-order valence-corrected chi connectivity index (χ0v) is 10.2. The van der Waals surface area contributed by atoms with Crippen LogP contribution in [-0.2, 0) is 11.2 Å². The molecule has 0 aromatic heterocycles. The maximum atomic E-state index is 11.4. The second-order valence-electron chi connectivity index (χ2n) is 4.99. The van der Waals surface area contributed by atoms with Crippen molar-refractivity contribution < 1.29 is 4.79 Å². The highest BCUT2D eigenvalue weighted by atomic mass is 16.1. The normalized spacial score (nSPS) is 19.2. The molecule has 88 valence electrons. The molecule has 1 aliphatic heterocycles. The molecular weight excluding hydrogens is 210 g/mol. The van der Waals surface area contributed by atoms with E-state index in [1.807, 2.05) is 6.08 Å². The van der Waals surface area contributed by atoms with Gasteiger partial charge in [0.2, 0.25) is 0 Å². The number of nitrogens with zero attached hydrogens (tertiary/aromatic N) is 1. The molecule has 2 aliphatic rings. The third-order valence-corrected chi connectivity index (χ3v) is 3.66. The molecule has 0 unspecified atom stereocenters. The summed E-state index contributed by atoms with van der Waals surface area (Å²) in [5.74, 6) is 0.277. The molecule has 0 radical (unpaired) electrons. The van der Waals surface area contributed by atoms with Gasteiger partial charge in [-0.05, 0) is 37.8 Å². The van der Waals surface area contributed by atoms with E-state index in [-0.39, 0.29) is 5.78 Å². The van der Waals surface area contributed by atoms with Crippen molar-refractivity contribution >= 4 is 11.5 Å². The van der Waals surface area contributed by atoms with Gasteiger partial charge in [0.15, 0.2) is 5.78 Å². The Balaban J connectivity index is 2.00. The molecule has 0 spiro atoms. The molecule has 1 aliphatic carbocycles. The third-order valence-electron chi connectivity index (χ3n) is 3.66. The predicted octanol–water partition coefficient (Wildman–Crippen LogP) is 2.99. The van der Waals surface area contributed by atoms with Crippen LogP contribution in [0, 0.1) is 6.92 Å². The maximum absolute atomic E-state index is 11.4. The van der Waals surface area contributed by atoms with E-state index in [1.54, 1.807) is 0 Å². The van der Waals surface area contributed by atoms with Gasteiger partial charge in [-0.3, -0.25) is 4.79 Å². The highest BCUT2D eigenvalue weighted by molar-refractivity contribution is 5.94. The lowest BCUT2D eigenvalue weighted by Gasteiger charge is -2.32. The lowest BCUT2D eigenvalue weighted by Crippen LogP contribution is -2.28. The van der Waals surface area contributed by atoms with Gasteiger partial charge in [-0.15, -0.1) is 0 Å². The number of fused-ring (bicyclic) bond motifs is 1. The SMILES string of the molecule is Cc1ccc2c(c1)CCCN2C1=CC(=O)CC1. The molecule has 17 heavy (non-hydrogen) atoms. The fourth-order valence-corrected chi connectivity index (χ4v) is 2.82. The number of anilines is 1. The number of aryl methyl sites for hydroxylation is 2. The molecule has 0 saturated carbocycles. The molecular formula is C15H17NO. The summed E-state index contributed by atoms with van der Waals surface area (Å²) in [6, 6.07) is 6.64. The van der Waals surface area contributed by atoms with Gasteiger partial charge in [0.1, 0.15) is 0 Å². The Kier molecular flexibility index (Phi) is 2.50. The number of benzene rings is 1. The van der Waals surface area contributed by atoms with Gasteiger partial charge in [0.25, 0.3) is 0 Å². The quantitative estimate of drug-likeness (QED) is 0.735. The van der Waals surface area contributed by atoms with E-state index in [9.17, 15) is 4.79 Å². The fraction of sp³-hybridized carbons (Fsp3) is 0.400. The van der Waals surface area contributed by atoms with Crippen molar-refractivity contribution in [3.8, 4) is 0 Å². The molecule has 0 N–H and O–H groups in total. The first-order valence-electron chi connectivity index (χ1n) is 6.34. The van der Waals surface area contributed by atoms with Gasteiger partial charge in [-0.25, -0.2) is 0 Å². The molecule has 1 aromatic rings. The van der Waals surface area contributed by atoms with E-state index in [0.29, 0.717) is 6.42 Å². The topological polar surface area (TPSA) is 20.3 Å². The second-order valence-corrected chi connectivity index (χ2v) is 4.99. The van der Waals surface area contributed by atoms with Crippen LogP contribution in [0.4, 0.5) is 5.69 Å². The first-order valence-corrected chi connectivity index (χ1v) is 6.34. The van der Waals surface area contributed by atoms with Crippen molar-refractivity contribution in [1.29, 1.82) is 0 Å². The number of carbonyl (C=O) groups excluding carboxylic acids is 1. The van der Waals surface area contributed by atoms with Crippen molar-refractivity contribution in [2.75, 3.05) is 11.4 Å². The summed E-state index contributed by atoms with van der Waals surface area (Å²) in [4.78, 5) is 13.7. The van der Waals surface area contributed by atoms with E-state index < -0.39 is 0 Å². The van der Waals surface area contributed by atoms with Gasteiger partial charge in [0.05, 0.1) is 0 Å². The van der Waals surface area contributed by atoms with Gasteiger partial charge in [-0.1, -0.05) is 17.7 Å². The number of hydrogen-bond donors (Lipinski definition) is 0. The zero-order valence-electron chi connectivity index (χ0n) is 10.2. The molecule has 1 heterocycles. The van der Waals surface area contributed by atoms with Crippen molar-refractivity contribution in [3.63, 3.8) is 0 Å². The van der Waals surface area contributed by atoms with E-state index in [0.717, 1.165) is 19.4 Å². The Bertz CT molecular complexity index is 502. The minimum Gasteiger partial charge on any atom is -0.345 e. The molecule has 0 bridgehead atoms. The van der Waals surface area contributed by atoms with Crippen molar-refractivity contribution in [2.45, 2.75) is 32.6 Å². The number of ketones is 1. The monoisotopic (exact) mass is 227 g/mol. The Morgan fingerprint density at radius 2 is 2.06 bits per heavy atom. The van der Waals surface area contributed by atoms with Crippen molar-refractivity contribution in [3.05, 3.63) is 41.1 Å². The van der Waals surface area contributed by atoms with E-state index >= 15 is 0 Å². The number of rotatable bonds is 1. The molecule has 0 saturated heterocycles. The Labute approximate surface area is 102 Å². The van der Waals surface area contributed by atoms with Crippen LogP contribution < -0.4 is 4.90 Å². The molecule has 0 atom stereocenters. The maximum Gasteiger partial charge on any atom is 0.157 e. The Morgan fingerprint density at radius 1 is 1.18 bits per heavy atom. The third kappa shape index (κ3) is 1.88. The average Bonchev–Trinajstić information content (AvgIpc) is 2.74. The highest BCUT2D eigenvalue weighted by Crippen LogP contribution is 2.33. The summed E-state index contributed by atoms with van der Waals surface area (Å²) in [6.45, 7) is 3.19. The summed E-state index contributed by atoms with van der Waals surface area (Å²) in [7, 11) is 0. The lowest BCUT2D eigenvalue weighted by atomic mass is 9.99. The number of allylic oxidation sites excluding steroid dienone is 2. The van der Waals surface area contributed by atoms with Crippen molar-refractivity contribution in [2.24, 2.45) is 0 Å². The van der Waals surface area contributed by atoms with Gasteiger partial charge in [0, 0.05) is 30.4 Å². The van der Waals surface area contributed by atoms with Gasteiger partial charge in [-0.2, -0.15) is 0 Å². The van der Waals surface area contributed by atoms with Crippen LogP contribution in [0.25, 0.3) is 0 Å². The Hall–Kier alpha value is -1.57. The van der Waals surface area contributed by atoms with Crippen LogP contribution in [0.3, 0.4) is 0 Å². The van der Waals surface area contributed by atoms with Crippen LogP contribution in [0.15, 0.2) is 30.0 Å². The van der Waals surface area contributed by atoms with Crippen LogP contribution in [0.5, 0.6) is 0 Å². The largest absolute Gasteiger partial charge is 0.345 e. The molecule has 2 heteroatoms. The van der Waals surface area contributed by atoms with E-state index in [4.69, 9.17) is 0 Å². The van der Waals surface area contributed by atoms with Gasteiger partial charge >= 0.3 is 0 Å². The summed E-state index contributed by atoms with van der Waals surface area (Å²) < 4.78 is 0. The summed E-state index contributed by atoms with van der Waals surface area (Å²) >= 11 is 0. The van der Waals surface area contributed by atoms with Crippen LogP contribution in [-0.4, -0.2) is 12.3 Å². The number of carbonyl (C=O) groups is 1. The average molecular weight is 227 g/mol. The van der Waals surface area contributed by atoms with Crippen LogP contribution >= 0.6 is 0 Å². The predicted molar refractivity (Wildman–Crippen MR) is 69.2 cm³/mol. The minimum atomic E-state index is 0.277. The number of hydrogen-bond acceptors (Lipinski definition) is 2. The van der Waals surface area contributed by atoms with E-state index in [2.05, 4.69) is 30.0 Å². The first kappa shape index (κ1) is 10.6. The van der Waals surface area contributed by atoms with Crippen LogP contribution in [0.1, 0.15) is 30.4 Å². The lowest BCUT2D eigenvalue weighted by molar-refractivity contribution is -0.114. The Morgan fingerprint density at radius 3 is 2.82 bits per heavy atom. The summed E-state index contributed by atoms with van der Waals surface area (Å²) in [6.07, 6.45) is 5.77. The van der Waals surface area contributed by atoms with Crippen molar-refractivity contribution in [1.82, 2.24) is 0 Å². The minimum absolute atomic E-state index is 0.277. The van der Waals surface area contributed by atoms with E-state index in [1.165, 1.54) is 28.9 Å². The molecule has 0 fully saturated rings. The smallest absolute Gasteiger partial charge is 0.157 e. The van der Waals surface area contributed by atoms with Crippen LogP contribution in [0.2, 0.25) is 0 Å². The van der Waals surface area contributed by atoms with Gasteiger partial charge < -0.3 is 4.90 Å². The molecule has 3 rings (SSSR count). The first-order chi connectivity index (χ1) is 8.24. The molecule has 1 aromatic carbocycles. The molecule has 0 amide bonds. The molecule has 2 nitrogen and oxygen atoms in total.